The summed E-state index contributed by atoms with van der Waals surface area (Å²) in [7, 11) is 0. The highest BCUT2D eigenvalue weighted by atomic mass is 16.5. The third kappa shape index (κ3) is 6.35. The van der Waals surface area contributed by atoms with Gasteiger partial charge in [-0.05, 0) is 54.1 Å². The molecule has 0 aliphatic carbocycles. The number of ether oxygens (including phenoxy) is 2. The monoisotopic (exact) mass is 432 g/mol. The Morgan fingerprint density at radius 1 is 1.25 bits per heavy atom. The number of anilines is 2. The van der Waals surface area contributed by atoms with Crippen LogP contribution in [0.25, 0.3) is 5.70 Å². The maximum absolute atomic E-state index is 9.33. The van der Waals surface area contributed by atoms with Crippen molar-refractivity contribution in [3.63, 3.8) is 0 Å². The molecule has 1 heterocycles. The fraction of sp³-hybridized carbons (Fsp3) is 0.250. The molecule has 3 rings (SSSR count). The first-order valence-electron chi connectivity index (χ1n) is 10.4. The maximum Gasteiger partial charge on any atom is 0.137 e. The molecule has 0 saturated carbocycles. The van der Waals surface area contributed by atoms with Gasteiger partial charge >= 0.3 is 0 Å². The van der Waals surface area contributed by atoms with Crippen LogP contribution < -0.4 is 26.4 Å². The van der Waals surface area contributed by atoms with Gasteiger partial charge in [-0.3, -0.25) is 0 Å². The number of nitriles is 1. The number of nitrogens with zero attached hydrogens (tertiary/aromatic N) is 3. The molecule has 1 saturated heterocycles. The van der Waals surface area contributed by atoms with E-state index in [0.717, 1.165) is 32.0 Å². The van der Waals surface area contributed by atoms with Gasteiger partial charge in [0.05, 0.1) is 18.8 Å². The van der Waals surface area contributed by atoms with Crippen LogP contribution in [0, 0.1) is 11.3 Å². The Morgan fingerprint density at radius 2 is 2.00 bits per heavy atom. The van der Waals surface area contributed by atoms with Gasteiger partial charge in [-0.15, -0.1) is 0 Å². The summed E-state index contributed by atoms with van der Waals surface area (Å²) in [4.78, 5) is 6.57. The SMILES string of the molecule is C=C(/N=C\C=C(/N)c1ccc(OCCN)c(C#N)c1)Nc1ccc(N2CCOCC2)cc1. The van der Waals surface area contributed by atoms with Crippen molar-refractivity contribution in [1.29, 1.82) is 5.26 Å². The molecule has 8 heteroatoms. The second-order valence-corrected chi connectivity index (χ2v) is 7.08. The molecule has 32 heavy (non-hydrogen) atoms. The summed E-state index contributed by atoms with van der Waals surface area (Å²) in [5.41, 5.74) is 15.2. The highest BCUT2D eigenvalue weighted by molar-refractivity contribution is 5.84. The van der Waals surface area contributed by atoms with Crippen molar-refractivity contribution in [3.05, 3.63) is 72.1 Å². The summed E-state index contributed by atoms with van der Waals surface area (Å²) < 4.78 is 10.9. The van der Waals surface area contributed by atoms with Gasteiger partial charge in [0.1, 0.15) is 24.2 Å². The lowest BCUT2D eigenvalue weighted by atomic mass is 10.1. The number of aliphatic imine (C=N–C) groups is 1. The first-order chi connectivity index (χ1) is 15.6. The topological polar surface area (TPSA) is 122 Å². The lowest BCUT2D eigenvalue weighted by Crippen LogP contribution is -2.36. The van der Waals surface area contributed by atoms with Gasteiger partial charge in [0.2, 0.25) is 0 Å². The minimum atomic E-state index is 0.344. The number of nitrogens with one attached hydrogen (secondary N) is 1. The van der Waals surface area contributed by atoms with Crippen LogP contribution in [0.3, 0.4) is 0 Å². The summed E-state index contributed by atoms with van der Waals surface area (Å²) in [6.07, 6.45) is 3.23. The van der Waals surface area contributed by atoms with Gasteiger partial charge in [0, 0.05) is 42.9 Å². The quantitative estimate of drug-likeness (QED) is 0.521. The molecule has 8 nitrogen and oxygen atoms in total. The number of allylic oxidation sites excluding steroid dienone is 1. The van der Waals surface area contributed by atoms with Crippen molar-refractivity contribution in [3.8, 4) is 11.8 Å². The molecule has 0 unspecified atom stereocenters. The fourth-order valence-electron chi connectivity index (χ4n) is 3.17. The van der Waals surface area contributed by atoms with Crippen LogP contribution in [0.2, 0.25) is 0 Å². The number of hydrogen-bond acceptors (Lipinski definition) is 8. The molecule has 5 N–H and O–H groups in total. The van der Waals surface area contributed by atoms with Crippen molar-refractivity contribution in [2.45, 2.75) is 0 Å². The fourth-order valence-corrected chi connectivity index (χ4v) is 3.17. The number of nitrogens with two attached hydrogens (primary N) is 2. The Kier molecular flexibility index (Phi) is 8.26. The predicted octanol–water partition coefficient (Wildman–Crippen LogP) is 2.69. The Balaban J connectivity index is 1.57. The van der Waals surface area contributed by atoms with Gasteiger partial charge < -0.3 is 31.2 Å². The molecule has 2 aromatic rings. The van der Waals surface area contributed by atoms with Crippen molar-refractivity contribution in [2.75, 3.05) is 49.7 Å². The van der Waals surface area contributed by atoms with Crippen LogP contribution in [-0.2, 0) is 4.74 Å². The van der Waals surface area contributed by atoms with Crippen LogP contribution in [0.5, 0.6) is 5.75 Å². The minimum Gasteiger partial charge on any atom is -0.491 e. The molecule has 0 spiro atoms. The Labute approximate surface area is 188 Å². The van der Waals surface area contributed by atoms with Crippen LogP contribution in [0.4, 0.5) is 11.4 Å². The minimum absolute atomic E-state index is 0.344. The van der Waals surface area contributed by atoms with E-state index in [1.165, 1.54) is 5.69 Å². The average Bonchev–Trinajstić information content (AvgIpc) is 2.83. The molecule has 0 aromatic heterocycles. The highest BCUT2D eigenvalue weighted by Gasteiger charge is 2.10. The first-order valence-corrected chi connectivity index (χ1v) is 10.4. The molecule has 0 amide bonds. The van der Waals surface area contributed by atoms with Gasteiger partial charge in [0.25, 0.3) is 0 Å². The van der Waals surface area contributed by atoms with E-state index >= 15 is 0 Å². The van der Waals surface area contributed by atoms with E-state index < -0.39 is 0 Å². The summed E-state index contributed by atoms with van der Waals surface area (Å²) >= 11 is 0. The van der Waals surface area contributed by atoms with E-state index in [4.69, 9.17) is 20.9 Å². The lowest BCUT2D eigenvalue weighted by Gasteiger charge is -2.28. The second kappa shape index (κ2) is 11.6. The molecule has 0 radical (unpaired) electrons. The van der Waals surface area contributed by atoms with Crippen molar-refractivity contribution < 1.29 is 9.47 Å². The third-order valence-corrected chi connectivity index (χ3v) is 4.83. The van der Waals surface area contributed by atoms with Crippen LogP contribution in [0.15, 0.2) is 65.9 Å². The maximum atomic E-state index is 9.33. The van der Waals surface area contributed by atoms with Crippen molar-refractivity contribution >= 4 is 23.3 Å². The van der Waals surface area contributed by atoms with Gasteiger partial charge in [-0.25, -0.2) is 4.99 Å². The summed E-state index contributed by atoms with van der Waals surface area (Å²) in [5, 5.41) is 12.5. The van der Waals surface area contributed by atoms with E-state index in [2.05, 4.69) is 40.0 Å². The molecular weight excluding hydrogens is 404 g/mol. The zero-order valence-electron chi connectivity index (χ0n) is 18.0. The Hall–Kier alpha value is -3.80. The average molecular weight is 433 g/mol. The smallest absolute Gasteiger partial charge is 0.137 e. The molecule has 0 atom stereocenters. The van der Waals surface area contributed by atoms with Crippen LogP contribution >= 0.6 is 0 Å². The summed E-state index contributed by atoms with van der Waals surface area (Å²) in [6, 6.07) is 15.4. The lowest BCUT2D eigenvalue weighted by molar-refractivity contribution is 0.122. The molecule has 0 bridgehead atoms. The number of rotatable bonds is 9. The number of hydrogen-bond donors (Lipinski definition) is 3. The largest absolute Gasteiger partial charge is 0.491 e. The molecule has 166 valence electrons. The van der Waals surface area contributed by atoms with Crippen molar-refractivity contribution in [2.24, 2.45) is 16.5 Å². The summed E-state index contributed by atoms with van der Waals surface area (Å²) in [6.45, 7) is 7.96. The molecule has 2 aromatic carbocycles. The summed E-state index contributed by atoms with van der Waals surface area (Å²) in [5.74, 6) is 0.969. The highest BCUT2D eigenvalue weighted by Crippen LogP contribution is 2.22. The van der Waals surface area contributed by atoms with E-state index in [9.17, 15) is 5.26 Å². The van der Waals surface area contributed by atoms with Gasteiger partial charge in [-0.1, -0.05) is 6.58 Å². The normalized spacial score (nSPS) is 14.2. The van der Waals surface area contributed by atoms with E-state index in [0.29, 0.717) is 41.5 Å². The van der Waals surface area contributed by atoms with E-state index in [1.54, 1.807) is 30.5 Å². The van der Waals surface area contributed by atoms with Gasteiger partial charge in [0.15, 0.2) is 0 Å². The number of morpholine rings is 1. The molecular formula is C24H28N6O2. The predicted molar refractivity (Wildman–Crippen MR) is 129 cm³/mol. The van der Waals surface area contributed by atoms with E-state index in [-0.39, 0.29) is 0 Å². The van der Waals surface area contributed by atoms with E-state index in [1.807, 2.05) is 12.1 Å². The third-order valence-electron chi connectivity index (χ3n) is 4.83. The van der Waals surface area contributed by atoms with Crippen LogP contribution in [0.1, 0.15) is 11.1 Å². The Bertz CT molecular complexity index is 1020. The zero-order chi connectivity index (χ0) is 22.8. The molecule has 1 aliphatic heterocycles. The van der Waals surface area contributed by atoms with Crippen LogP contribution in [-0.4, -0.2) is 45.7 Å². The second-order valence-electron chi connectivity index (χ2n) is 7.08. The Morgan fingerprint density at radius 3 is 2.69 bits per heavy atom. The molecule has 1 fully saturated rings. The molecule has 1 aliphatic rings. The zero-order valence-corrected chi connectivity index (χ0v) is 18.0. The van der Waals surface area contributed by atoms with Crippen molar-refractivity contribution in [1.82, 2.24) is 0 Å². The first kappa shape index (κ1) is 22.9. The van der Waals surface area contributed by atoms with Gasteiger partial charge in [-0.2, -0.15) is 5.26 Å². The number of benzene rings is 2. The standard InChI is InChI=1S/C24H28N6O2/c1-18(29-21-3-5-22(6-4-21)30-11-14-31-15-12-30)28-10-8-23(27)19-2-7-24(32-13-9-25)20(16-19)17-26/h2-8,10,16,29H,1,9,11-15,25,27H2/b23-8-,28-10-.